The van der Waals surface area contributed by atoms with Crippen molar-refractivity contribution in [3.05, 3.63) is 75.2 Å². The molecule has 1 fully saturated rings. The summed E-state index contributed by atoms with van der Waals surface area (Å²) < 4.78 is 2.64. The SMILES string of the molecule is O=C1C2N=NN(Cc3c(Cl)ncn3-c3ccc(Cl)cc3)C2C(=O)N1c1ccc(Br)cc1. The van der Waals surface area contributed by atoms with Gasteiger partial charge in [-0.25, -0.2) is 9.88 Å². The van der Waals surface area contributed by atoms with Crippen LogP contribution in [0.3, 0.4) is 0 Å². The maximum atomic E-state index is 13.2. The summed E-state index contributed by atoms with van der Waals surface area (Å²) in [5, 5.41) is 10.5. The summed E-state index contributed by atoms with van der Waals surface area (Å²) in [5.74, 6) is -0.781. The van der Waals surface area contributed by atoms with Crippen LogP contribution in [0.1, 0.15) is 5.69 Å². The van der Waals surface area contributed by atoms with Crippen molar-refractivity contribution < 1.29 is 9.59 Å². The van der Waals surface area contributed by atoms with Crippen LogP contribution in [0.25, 0.3) is 5.69 Å². The Labute approximate surface area is 195 Å². The number of hydrogen-bond acceptors (Lipinski definition) is 6. The largest absolute Gasteiger partial charge is 0.300 e. The van der Waals surface area contributed by atoms with Gasteiger partial charge in [-0.1, -0.05) is 44.4 Å². The molecule has 2 atom stereocenters. The van der Waals surface area contributed by atoms with Crippen LogP contribution in [0, 0.1) is 0 Å². The summed E-state index contributed by atoms with van der Waals surface area (Å²) in [5.41, 5.74) is 1.91. The third kappa shape index (κ3) is 3.42. The predicted molar refractivity (Wildman–Crippen MR) is 118 cm³/mol. The second kappa shape index (κ2) is 7.74. The van der Waals surface area contributed by atoms with Gasteiger partial charge >= 0.3 is 0 Å². The minimum Gasteiger partial charge on any atom is -0.300 e. The van der Waals surface area contributed by atoms with E-state index in [2.05, 4.69) is 31.3 Å². The zero-order valence-corrected chi connectivity index (χ0v) is 18.8. The number of imide groups is 1. The molecule has 3 aromatic rings. The number of carbonyl (C=O) groups is 2. The van der Waals surface area contributed by atoms with Crippen LogP contribution in [-0.2, 0) is 16.1 Å². The van der Waals surface area contributed by atoms with Gasteiger partial charge < -0.3 is 0 Å². The van der Waals surface area contributed by atoms with Crippen molar-refractivity contribution in [3.8, 4) is 5.69 Å². The molecule has 0 bridgehead atoms. The molecule has 0 aliphatic carbocycles. The lowest BCUT2D eigenvalue weighted by atomic mass is 10.1. The number of aromatic nitrogens is 2. The fourth-order valence-corrected chi connectivity index (χ4v) is 4.25. The number of carbonyl (C=O) groups excluding carboxylic acids is 2. The van der Waals surface area contributed by atoms with E-state index in [9.17, 15) is 9.59 Å². The molecule has 0 radical (unpaired) electrons. The van der Waals surface area contributed by atoms with Gasteiger partial charge in [0.25, 0.3) is 11.8 Å². The lowest BCUT2D eigenvalue weighted by molar-refractivity contribution is -0.123. The van der Waals surface area contributed by atoms with Crippen LogP contribution in [0.15, 0.2) is 69.7 Å². The van der Waals surface area contributed by atoms with Crippen molar-refractivity contribution in [2.75, 3.05) is 4.90 Å². The van der Waals surface area contributed by atoms with Crippen molar-refractivity contribution in [1.82, 2.24) is 14.6 Å². The van der Waals surface area contributed by atoms with E-state index in [1.165, 1.54) is 5.01 Å². The number of amides is 2. The van der Waals surface area contributed by atoms with E-state index in [0.29, 0.717) is 16.4 Å². The summed E-state index contributed by atoms with van der Waals surface area (Å²) >= 11 is 15.7. The molecule has 11 heteroatoms. The highest BCUT2D eigenvalue weighted by molar-refractivity contribution is 9.10. The maximum Gasteiger partial charge on any atom is 0.263 e. The smallest absolute Gasteiger partial charge is 0.263 e. The van der Waals surface area contributed by atoms with Gasteiger partial charge in [0, 0.05) is 15.2 Å². The Kier molecular flexibility index (Phi) is 5.04. The highest BCUT2D eigenvalue weighted by Gasteiger charge is 2.54. The number of benzene rings is 2. The molecule has 156 valence electrons. The number of anilines is 1. The van der Waals surface area contributed by atoms with Crippen molar-refractivity contribution in [1.29, 1.82) is 0 Å². The van der Waals surface area contributed by atoms with Gasteiger partial charge in [-0.05, 0) is 48.5 Å². The molecular formula is C20H13BrCl2N6O2. The molecule has 5 rings (SSSR count). The van der Waals surface area contributed by atoms with Crippen molar-refractivity contribution >= 4 is 56.6 Å². The molecule has 1 saturated heterocycles. The molecule has 1 aromatic heterocycles. The molecule has 8 nitrogen and oxygen atoms in total. The van der Waals surface area contributed by atoms with E-state index in [-0.39, 0.29) is 17.6 Å². The van der Waals surface area contributed by atoms with Crippen LogP contribution in [0.4, 0.5) is 5.69 Å². The van der Waals surface area contributed by atoms with Crippen LogP contribution in [0.2, 0.25) is 10.2 Å². The zero-order valence-electron chi connectivity index (χ0n) is 15.7. The number of imidazole rings is 1. The first-order chi connectivity index (χ1) is 14.9. The third-order valence-electron chi connectivity index (χ3n) is 5.17. The first-order valence-electron chi connectivity index (χ1n) is 9.22. The number of halogens is 3. The monoisotopic (exact) mass is 518 g/mol. The minimum atomic E-state index is -0.887. The van der Waals surface area contributed by atoms with E-state index in [1.54, 1.807) is 47.3 Å². The van der Waals surface area contributed by atoms with Crippen LogP contribution in [-0.4, -0.2) is 38.5 Å². The first-order valence-corrected chi connectivity index (χ1v) is 10.8. The van der Waals surface area contributed by atoms with Gasteiger partial charge in [-0.15, -0.1) is 0 Å². The third-order valence-corrected chi connectivity index (χ3v) is 6.27. The molecule has 31 heavy (non-hydrogen) atoms. The van der Waals surface area contributed by atoms with Crippen molar-refractivity contribution in [2.45, 2.75) is 18.6 Å². The van der Waals surface area contributed by atoms with E-state index in [1.807, 2.05) is 12.1 Å². The second-order valence-electron chi connectivity index (χ2n) is 7.01. The minimum absolute atomic E-state index is 0.152. The standard InChI is InChI=1S/C20H13BrCl2N6O2/c21-11-1-5-14(6-2-11)29-19(30)16-17(20(29)31)28(26-25-16)9-15-18(23)24-10-27(15)13-7-3-12(22)4-8-13/h1-8,10,16-17H,9H2. The van der Waals surface area contributed by atoms with Crippen LogP contribution < -0.4 is 4.90 Å². The first kappa shape index (κ1) is 20.2. The Morgan fingerprint density at radius 1 is 0.935 bits per heavy atom. The quantitative estimate of drug-likeness (QED) is 0.477. The van der Waals surface area contributed by atoms with Crippen molar-refractivity contribution in [2.24, 2.45) is 10.3 Å². The number of rotatable bonds is 4. The van der Waals surface area contributed by atoms with Crippen LogP contribution in [0.5, 0.6) is 0 Å². The molecule has 2 aromatic carbocycles. The summed E-state index contributed by atoms with van der Waals surface area (Å²) in [4.78, 5) is 31.4. The lowest BCUT2D eigenvalue weighted by Crippen LogP contribution is -2.39. The van der Waals surface area contributed by atoms with Crippen LogP contribution >= 0.6 is 39.1 Å². The van der Waals surface area contributed by atoms with Gasteiger partial charge in [-0.3, -0.25) is 19.2 Å². The number of fused-ring (bicyclic) bond motifs is 1. The van der Waals surface area contributed by atoms with E-state index in [4.69, 9.17) is 23.2 Å². The van der Waals surface area contributed by atoms with E-state index in [0.717, 1.165) is 15.1 Å². The topological polar surface area (TPSA) is 83.2 Å². The fourth-order valence-electron chi connectivity index (χ4n) is 3.67. The van der Waals surface area contributed by atoms with E-state index >= 15 is 0 Å². The Hall–Kier alpha value is -2.75. The summed E-state index contributed by atoms with van der Waals surface area (Å²) in [7, 11) is 0. The molecule has 2 amide bonds. The second-order valence-corrected chi connectivity index (χ2v) is 8.72. The normalized spacial score (nSPS) is 20.1. The molecule has 0 spiro atoms. The number of hydrogen-bond donors (Lipinski definition) is 0. The Morgan fingerprint density at radius 3 is 2.32 bits per heavy atom. The van der Waals surface area contributed by atoms with Gasteiger partial charge in [0.1, 0.15) is 6.33 Å². The molecule has 2 unspecified atom stereocenters. The average molecular weight is 520 g/mol. The highest BCUT2D eigenvalue weighted by atomic mass is 79.9. The molecule has 3 heterocycles. The van der Waals surface area contributed by atoms with Crippen molar-refractivity contribution in [3.63, 3.8) is 0 Å². The van der Waals surface area contributed by atoms with Gasteiger partial charge in [-0.2, -0.15) is 5.11 Å². The Balaban J connectivity index is 1.44. The van der Waals surface area contributed by atoms with Gasteiger partial charge in [0.2, 0.25) is 0 Å². The Bertz CT molecular complexity index is 1210. The van der Waals surface area contributed by atoms with Gasteiger partial charge in [0.05, 0.1) is 17.9 Å². The number of nitrogens with zero attached hydrogens (tertiary/aromatic N) is 6. The van der Waals surface area contributed by atoms with E-state index < -0.39 is 18.0 Å². The highest BCUT2D eigenvalue weighted by Crippen LogP contribution is 2.34. The molecule has 2 aliphatic rings. The summed E-state index contributed by atoms with van der Waals surface area (Å²) in [6.07, 6.45) is 1.58. The van der Waals surface area contributed by atoms with Gasteiger partial charge in [0.15, 0.2) is 17.2 Å². The summed E-state index contributed by atoms with van der Waals surface area (Å²) in [6.45, 7) is 0.152. The molecule has 0 saturated carbocycles. The average Bonchev–Trinajstić information content (AvgIpc) is 3.41. The predicted octanol–water partition coefficient (Wildman–Crippen LogP) is 4.44. The summed E-state index contributed by atoms with van der Waals surface area (Å²) in [6, 6.07) is 12.4. The lowest BCUT2D eigenvalue weighted by Gasteiger charge is -2.21. The molecule has 0 N–H and O–H groups in total. The zero-order chi connectivity index (χ0) is 21.7. The fraction of sp³-hybridized carbons (Fsp3) is 0.150. The Morgan fingerprint density at radius 2 is 1.61 bits per heavy atom. The molecular weight excluding hydrogens is 507 g/mol. The molecule has 2 aliphatic heterocycles. The maximum absolute atomic E-state index is 13.2.